The van der Waals surface area contributed by atoms with Crippen molar-refractivity contribution in [3.05, 3.63) is 69.1 Å². The van der Waals surface area contributed by atoms with Crippen molar-refractivity contribution in [3.8, 4) is 0 Å². The third-order valence-electron chi connectivity index (χ3n) is 5.59. The van der Waals surface area contributed by atoms with Gasteiger partial charge in [0.05, 0.1) is 5.57 Å². The maximum Gasteiger partial charge on any atom is 0.737 e. The molecule has 3 heterocycles. The van der Waals surface area contributed by atoms with Crippen molar-refractivity contribution < 1.29 is 13.1 Å². The molecule has 0 saturated heterocycles. The van der Waals surface area contributed by atoms with E-state index in [-0.39, 0.29) is 0 Å². The summed E-state index contributed by atoms with van der Waals surface area (Å²) in [5.41, 5.74) is 5.44. The molecular weight excluding hydrogens is 385 g/mol. The van der Waals surface area contributed by atoms with E-state index in [0.717, 1.165) is 26.1 Å². The lowest BCUT2D eigenvalue weighted by molar-refractivity contribution is -0.363. The first-order chi connectivity index (χ1) is 12.7. The summed E-state index contributed by atoms with van der Waals surface area (Å²) < 4.78 is 34.1. The van der Waals surface area contributed by atoms with Gasteiger partial charge in [-0.15, -0.1) is 11.8 Å². The van der Waals surface area contributed by atoms with Crippen LogP contribution in [0.15, 0.2) is 51.5 Å². The summed E-state index contributed by atoms with van der Waals surface area (Å²) in [5, 5.41) is 0.408. The van der Waals surface area contributed by atoms with Gasteiger partial charge in [0.1, 0.15) is 5.03 Å². The molecule has 2 aromatic rings. The number of thioether (sulfide) groups is 1. The molecule has 0 aliphatic carbocycles. The minimum absolute atomic E-state index is 0.407. The fourth-order valence-corrected chi connectivity index (χ4v) is 5.44. The van der Waals surface area contributed by atoms with Crippen molar-refractivity contribution in [2.24, 2.45) is 0 Å². The van der Waals surface area contributed by atoms with Gasteiger partial charge in [-0.1, -0.05) is 41.9 Å². The molecule has 140 valence electrons. The molecule has 0 fully saturated rings. The number of nitrogens with zero attached hydrogens (tertiary/aromatic N) is 2. The number of hydrogen-bond donors (Lipinski definition) is 0. The molecule has 2 aliphatic heterocycles. The molecule has 0 spiro atoms. The molecular formula is C20H20BClF2N2S. The summed E-state index contributed by atoms with van der Waals surface area (Å²) in [6, 6.07) is 9.73. The molecule has 1 aromatic heterocycles. The number of fused-ring (bicyclic) bond motifs is 2. The second kappa shape index (κ2) is 6.11. The average Bonchev–Trinajstić information content (AvgIpc) is 3.03. The SMILES string of the molecule is CSc1c(C)c2n(c1C)[B-](F)(F)[N+]1=C(C)C(Cl)=C(C)C1=C2c1ccccc1. The van der Waals surface area contributed by atoms with Gasteiger partial charge in [0, 0.05) is 23.1 Å². The molecule has 2 nitrogen and oxygen atoms in total. The molecule has 27 heavy (non-hydrogen) atoms. The number of halogens is 3. The molecule has 1 aromatic carbocycles. The van der Waals surface area contributed by atoms with Crippen molar-refractivity contribution in [2.75, 3.05) is 6.26 Å². The lowest BCUT2D eigenvalue weighted by atomic mass is 9.84. The quantitative estimate of drug-likeness (QED) is 0.452. The van der Waals surface area contributed by atoms with Gasteiger partial charge in [0.15, 0.2) is 11.4 Å². The highest BCUT2D eigenvalue weighted by molar-refractivity contribution is 7.98. The fourth-order valence-electron chi connectivity index (χ4n) is 4.47. The minimum atomic E-state index is -4.03. The van der Waals surface area contributed by atoms with Crippen LogP contribution >= 0.6 is 23.4 Å². The molecule has 0 bridgehead atoms. The van der Waals surface area contributed by atoms with E-state index in [9.17, 15) is 0 Å². The highest BCUT2D eigenvalue weighted by Gasteiger charge is 2.56. The van der Waals surface area contributed by atoms with Crippen LogP contribution < -0.4 is 0 Å². The zero-order valence-electron chi connectivity index (χ0n) is 15.9. The summed E-state index contributed by atoms with van der Waals surface area (Å²) in [5.74, 6) is 0. The van der Waals surface area contributed by atoms with Crippen molar-refractivity contribution in [3.63, 3.8) is 0 Å². The number of allylic oxidation sites excluding steroid dienone is 2. The smallest absolute Gasteiger partial charge is 0.392 e. The first-order valence-corrected chi connectivity index (χ1v) is 10.4. The van der Waals surface area contributed by atoms with Gasteiger partial charge in [-0.3, -0.25) is 0 Å². The number of benzene rings is 1. The third-order valence-corrected chi connectivity index (χ3v) is 7.16. The Labute approximate surface area is 167 Å². The zero-order valence-corrected chi connectivity index (χ0v) is 17.5. The summed E-state index contributed by atoms with van der Waals surface area (Å²) in [6.45, 7) is 3.17. The molecule has 2 aliphatic rings. The fraction of sp³-hybridized carbons (Fsp3) is 0.250. The number of hydrogen-bond acceptors (Lipinski definition) is 1. The molecule has 0 amide bonds. The zero-order chi connectivity index (χ0) is 19.7. The predicted octanol–water partition coefficient (Wildman–Crippen LogP) is 5.82. The van der Waals surface area contributed by atoms with Crippen LogP contribution in [-0.4, -0.2) is 27.9 Å². The van der Waals surface area contributed by atoms with Crippen LogP contribution in [0.2, 0.25) is 0 Å². The van der Waals surface area contributed by atoms with Gasteiger partial charge in [-0.05, 0) is 43.8 Å². The van der Waals surface area contributed by atoms with Gasteiger partial charge in [0.25, 0.3) is 0 Å². The lowest BCUT2D eigenvalue weighted by Gasteiger charge is -2.33. The van der Waals surface area contributed by atoms with Crippen LogP contribution in [0, 0.1) is 13.8 Å². The summed E-state index contributed by atoms with van der Waals surface area (Å²) in [4.78, 5) is 0.909. The van der Waals surface area contributed by atoms with Crippen LogP contribution in [0.3, 0.4) is 0 Å². The second-order valence-corrected chi connectivity index (χ2v) is 8.23. The highest BCUT2D eigenvalue weighted by Crippen LogP contribution is 2.48. The third kappa shape index (κ3) is 2.29. The van der Waals surface area contributed by atoms with Crippen molar-refractivity contribution >= 4 is 41.6 Å². The van der Waals surface area contributed by atoms with Gasteiger partial charge in [0.2, 0.25) is 0 Å². The first-order valence-electron chi connectivity index (χ1n) is 8.81. The molecule has 0 radical (unpaired) electrons. The topological polar surface area (TPSA) is 7.94 Å². The predicted molar refractivity (Wildman–Crippen MR) is 111 cm³/mol. The molecule has 7 heteroatoms. The summed E-state index contributed by atoms with van der Waals surface area (Å²) in [6.07, 6.45) is 1.93. The van der Waals surface area contributed by atoms with Gasteiger partial charge in [-0.25, -0.2) is 0 Å². The molecule has 0 N–H and O–H groups in total. The Morgan fingerprint density at radius 1 is 1.07 bits per heavy atom. The Bertz CT molecular complexity index is 1080. The number of rotatable bonds is 2. The van der Waals surface area contributed by atoms with Gasteiger partial charge < -0.3 is 17.6 Å². The Kier molecular flexibility index (Phi) is 4.20. The van der Waals surface area contributed by atoms with Crippen LogP contribution in [0.1, 0.15) is 36.4 Å². The van der Waals surface area contributed by atoms with E-state index in [1.165, 1.54) is 16.2 Å². The second-order valence-electron chi connectivity index (χ2n) is 7.03. The van der Waals surface area contributed by atoms with E-state index in [0.29, 0.717) is 33.4 Å². The maximum absolute atomic E-state index is 15.8. The van der Waals surface area contributed by atoms with Crippen molar-refractivity contribution in [1.82, 2.24) is 4.48 Å². The largest absolute Gasteiger partial charge is 0.737 e. The van der Waals surface area contributed by atoms with Crippen molar-refractivity contribution in [1.29, 1.82) is 0 Å². The van der Waals surface area contributed by atoms with Crippen LogP contribution in [0.25, 0.3) is 5.57 Å². The van der Waals surface area contributed by atoms with Gasteiger partial charge >= 0.3 is 6.97 Å². The van der Waals surface area contributed by atoms with Gasteiger partial charge in [-0.2, -0.15) is 0 Å². The first kappa shape index (κ1) is 18.6. The summed E-state index contributed by atoms with van der Waals surface area (Å²) in [7, 11) is 0. The highest BCUT2D eigenvalue weighted by atomic mass is 35.5. The van der Waals surface area contributed by atoms with E-state index in [1.54, 1.807) is 13.8 Å². The van der Waals surface area contributed by atoms with E-state index in [2.05, 4.69) is 0 Å². The van der Waals surface area contributed by atoms with E-state index in [1.807, 2.05) is 50.4 Å². The average molecular weight is 405 g/mol. The van der Waals surface area contributed by atoms with Crippen LogP contribution in [0.4, 0.5) is 8.63 Å². The maximum atomic E-state index is 15.8. The summed E-state index contributed by atoms with van der Waals surface area (Å²) >= 11 is 7.96. The standard InChI is InChI=1S/C20H20BClF2N2S/c1-11-17(22)13(3)25-18(11)16(15-9-7-6-8-10-15)19-12(2)20(27-5)14(4)26(19)21(25,23)24/h6-10H,1-5H3. The monoisotopic (exact) mass is 404 g/mol. The molecule has 0 saturated carbocycles. The van der Waals surface area contributed by atoms with E-state index < -0.39 is 6.97 Å². The number of aromatic nitrogens is 1. The Hall–Kier alpha value is -1.79. The Morgan fingerprint density at radius 2 is 1.70 bits per heavy atom. The lowest BCUT2D eigenvalue weighted by Crippen LogP contribution is -2.51. The van der Waals surface area contributed by atoms with Crippen LogP contribution in [0.5, 0.6) is 0 Å². The van der Waals surface area contributed by atoms with Crippen LogP contribution in [-0.2, 0) is 0 Å². The molecule has 4 rings (SSSR count). The molecule has 0 unspecified atom stereocenters. The van der Waals surface area contributed by atoms with E-state index in [4.69, 9.17) is 11.6 Å². The Morgan fingerprint density at radius 3 is 2.30 bits per heavy atom. The normalized spacial score (nSPS) is 18.4. The minimum Gasteiger partial charge on any atom is -0.392 e. The Balaban J connectivity index is 2.24. The molecule has 0 atom stereocenters. The van der Waals surface area contributed by atoms with Crippen molar-refractivity contribution in [2.45, 2.75) is 32.6 Å². The van der Waals surface area contributed by atoms with E-state index >= 15 is 8.63 Å².